The average Bonchev–Trinajstić information content (AvgIpc) is 3.40. The van der Waals surface area contributed by atoms with Gasteiger partial charge in [0, 0.05) is 18.9 Å². The number of carbonyl (C=O) groups excluding carboxylic acids is 2. The first-order valence-electron chi connectivity index (χ1n) is 9.39. The number of amides is 1. The molecule has 11 heteroatoms. The van der Waals surface area contributed by atoms with Gasteiger partial charge in [0.15, 0.2) is 6.10 Å². The van der Waals surface area contributed by atoms with E-state index in [4.69, 9.17) is 14.3 Å². The van der Waals surface area contributed by atoms with Crippen LogP contribution in [0.15, 0.2) is 64.2 Å². The number of nitrogens with one attached hydrogen (secondary N) is 1. The molecule has 10 nitrogen and oxygen atoms in total. The summed E-state index contributed by atoms with van der Waals surface area (Å²) in [6, 6.07) is 10.9. The number of nitrogens with zero attached hydrogens (tertiary/aromatic N) is 2. The van der Waals surface area contributed by atoms with Crippen LogP contribution in [0.4, 0.5) is 0 Å². The number of nitrogens with two attached hydrogens (primary N) is 1. The number of sulfonamides is 1. The van der Waals surface area contributed by atoms with E-state index in [1.54, 1.807) is 41.3 Å². The number of primary sulfonamides is 1. The summed E-state index contributed by atoms with van der Waals surface area (Å²) >= 11 is 0. The highest BCUT2D eigenvalue weighted by Gasteiger charge is 2.21. The molecule has 0 bridgehead atoms. The second kappa shape index (κ2) is 9.58. The average molecular weight is 446 g/mol. The highest BCUT2D eigenvalue weighted by molar-refractivity contribution is 7.89. The summed E-state index contributed by atoms with van der Waals surface area (Å²) in [6.07, 6.45) is 2.85. The summed E-state index contributed by atoms with van der Waals surface area (Å²) in [5.41, 5.74) is 0.817. The fraction of sp³-hybridized carbons (Fsp3) is 0.250. The molecule has 2 aromatic heterocycles. The van der Waals surface area contributed by atoms with Crippen LogP contribution in [0.5, 0.6) is 0 Å². The Kier molecular flexibility index (Phi) is 6.88. The van der Waals surface area contributed by atoms with Crippen LogP contribution in [0.3, 0.4) is 0 Å². The maximum absolute atomic E-state index is 12.2. The van der Waals surface area contributed by atoms with Crippen LogP contribution in [0.25, 0.3) is 0 Å². The summed E-state index contributed by atoms with van der Waals surface area (Å²) in [5, 5.41) is 11.8. The SMILES string of the molecule is CC(OC(=O)c1ccc(Cn2cccn2)o1)C(=O)NCCc1ccc(S(N)(=O)=O)cc1. The second-order valence-corrected chi connectivity index (χ2v) is 8.31. The molecule has 0 radical (unpaired) electrons. The van der Waals surface area contributed by atoms with Gasteiger partial charge in [-0.1, -0.05) is 12.1 Å². The molecule has 3 rings (SSSR count). The highest BCUT2D eigenvalue weighted by atomic mass is 32.2. The van der Waals surface area contributed by atoms with Gasteiger partial charge in [-0.25, -0.2) is 18.4 Å². The predicted molar refractivity (Wildman–Crippen MR) is 109 cm³/mol. The third kappa shape index (κ3) is 6.27. The molecule has 1 atom stereocenters. The Balaban J connectivity index is 1.44. The van der Waals surface area contributed by atoms with Crippen molar-refractivity contribution in [3.63, 3.8) is 0 Å². The van der Waals surface area contributed by atoms with Crippen LogP contribution in [0, 0.1) is 0 Å². The molecule has 0 fully saturated rings. The monoisotopic (exact) mass is 446 g/mol. The molecule has 0 saturated carbocycles. The van der Waals surface area contributed by atoms with Crippen molar-refractivity contribution < 1.29 is 27.2 Å². The van der Waals surface area contributed by atoms with E-state index in [0.29, 0.717) is 18.7 Å². The van der Waals surface area contributed by atoms with Crippen LogP contribution in [-0.4, -0.2) is 42.7 Å². The van der Waals surface area contributed by atoms with Gasteiger partial charge in [-0.2, -0.15) is 5.10 Å². The van der Waals surface area contributed by atoms with Crippen molar-refractivity contribution >= 4 is 21.9 Å². The highest BCUT2D eigenvalue weighted by Crippen LogP contribution is 2.12. The number of aromatic nitrogens is 2. The smallest absolute Gasteiger partial charge is 0.375 e. The minimum Gasteiger partial charge on any atom is -0.452 e. The molecule has 3 N–H and O–H groups in total. The Hall–Kier alpha value is -3.44. The van der Waals surface area contributed by atoms with Gasteiger partial charge in [0.1, 0.15) is 5.76 Å². The van der Waals surface area contributed by atoms with Gasteiger partial charge < -0.3 is 14.5 Å². The molecule has 1 unspecified atom stereocenters. The fourth-order valence-electron chi connectivity index (χ4n) is 2.72. The number of carbonyl (C=O) groups is 2. The van der Waals surface area contributed by atoms with Gasteiger partial charge in [0.2, 0.25) is 15.8 Å². The molecule has 0 aliphatic carbocycles. The van der Waals surface area contributed by atoms with Crippen molar-refractivity contribution in [2.45, 2.75) is 30.9 Å². The van der Waals surface area contributed by atoms with Crippen LogP contribution in [0.1, 0.15) is 28.8 Å². The lowest BCUT2D eigenvalue weighted by molar-refractivity contribution is -0.129. The van der Waals surface area contributed by atoms with Crippen molar-refractivity contribution in [2.24, 2.45) is 5.14 Å². The number of esters is 1. The lowest BCUT2D eigenvalue weighted by atomic mass is 10.1. The lowest BCUT2D eigenvalue weighted by Crippen LogP contribution is -2.36. The molecule has 164 valence electrons. The number of hydrogen-bond donors (Lipinski definition) is 2. The number of ether oxygens (including phenoxy) is 1. The van der Waals surface area contributed by atoms with Crippen molar-refractivity contribution in [1.82, 2.24) is 15.1 Å². The first-order valence-corrected chi connectivity index (χ1v) is 10.9. The van der Waals surface area contributed by atoms with Crippen LogP contribution in [-0.2, 0) is 32.5 Å². The van der Waals surface area contributed by atoms with Crippen molar-refractivity contribution in [2.75, 3.05) is 6.54 Å². The summed E-state index contributed by atoms with van der Waals surface area (Å²) in [5.74, 6) is -0.677. The Morgan fingerprint density at radius 1 is 1.23 bits per heavy atom. The van der Waals surface area contributed by atoms with E-state index in [1.807, 2.05) is 0 Å². The maximum Gasteiger partial charge on any atom is 0.375 e. The molecule has 3 aromatic rings. The maximum atomic E-state index is 12.2. The number of benzene rings is 1. The molecule has 0 spiro atoms. The van der Waals surface area contributed by atoms with Crippen LogP contribution in [0.2, 0.25) is 0 Å². The van der Waals surface area contributed by atoms with E-state index in [-0.39, 0.29) is 17.2 Å². The molecule has 0 aliphatic rings. The third-order valence-electron chi connectivity index (χ3n) is 4.36. The van der Waals surface area contributed by atoms with Gasteiger partial charge in [-0.15, -0.1) is 0 Å². The Labute approximate surface area is 179 Å². The van der Waals surface area contributed by atoms with Crippen molar-refractivity contribution in [3.8, 4) is 0 Å². The molecule has 1 aromatic carbocycles. The van der Waals surface area contributed by atoms with Gasteiger partial charge in [0.25, 0.3) is 5.91 Å². The van der Waals surface area contributed by atoms with E-state index in [2.05, 4.69) is 10.4 Å². The first-order chi connectivity index (χ1) is 14.7. The summed E-state index contributed by atoms with van der Waals surface area (Å²) in [6.45, 7) is 2.11. The zero-order valence-electron chi connectivity index (χ0n) is 16.7. The van der Waals surface area contributed by atoms with E-state index in [1.165, 1.54) is 25.1 Å². The van der Waals surface area contributed by atoms with Gasteiger partial charge in [-0.3, -0.25) is 9.48 Å². The molecule has 2 heterocycles. The van der Waals surface area contributed by atoms with Crippen LogP contribution >= 0.6 is 0 Å². The number of rotatable bonds is 9. The first kappa shape index (κ1) is 22.2. The molecule has 0 aliphatic heterocycles. The molecule has 31 heavy (non-hydrogen) atoms. The van der Waals surface area contributed by atoms with Crippen molar-refractivity contribution in [3.05, 3.63) is 71.9 Å². The molecular formula is C20H22N4O6S. The zero-order chi connectivity index (χ0) is 22.4. The Morgan fingerprint density at radius 3 is 2.61 bits per heavy atom. The zero-order valence-corrected chi connectivity index (χ0v) is 17.5. The summed E-state index contributed by atoms with van der Waals surface area (Å²) in [4.78, 5) is 24.4. The fourth-order valence-corrected chi connectivity index (χ4v) is 3.23. The summed E-state index contributed by atoms with van der Waals surface area (Å²) < 4.78 is 34.8. The second-order valence-electron chi connectivity index (χ2n) is 6.75. The van der Waals surface area contributed by atoms with E-state index < -0.39 is 28.0 Å². The normalized spacial score (nSPS) is 12.3. The summed E-state index contributed by atoms with van der Waals surface area (Å²) in [7, 11) is -3.74. The third-order valence-corrected chi connectivity index (χ3v) is 5.29. The van der Waals surface area contributed by atoms with E-state index in [0.717, 1.165) is 5.56 Å². The Bertz CT molecular complexity index is 1140. The number of hydrogen-bond acceptors (Lipinski definition) is 7. The standard InChI is InChI=1S/C20H22N4O6S/c1-14(19(25)22-11-9-15-3-6-17(7-4-15)31(21,27)28)29-20(26)18-8-5-16(30-18)13-24-12-2-10-23-24/h2-8,10,12,14H,9,11,13H2,1H3,(H,22,25)(H2,21,27,28). The van der Waals surface area contributed by atoms with Gasteiger partial charge in [0.05, 0.1) is 11.4 Å². The largest absolute Gasteiger partial charge is 0.452 e. The topological polar surface area (TPSA) is 147 Å². The quantitative estimate of drug-likeness (QED) is 0.467. The molecule has 1 amide bonds. The van der Waals surface area contributed by atoms with Gasteiger partial charge in [-0.05, 0) is 49.2 Å². The van der Waals surface area contributed by atoms with E-state index >= 15 is 0 Å². The Morgan fingerprint density at radius 2 is 1.97 bits per heavy atom. The van der Waals surface area contributed by atoms with E-state index in [9.17, 15) is 18.0 Å². The predicted octanol–water partition coefficient (Wildman–Crippen LogP) is 1.08. The van der Waals surface area contributed by atoms with Gasteiger partial charge >= 0.3 is 5.97 Å². The minimum atomic E-state index is -3.74. The van der Waals surface area contributed by atoms with Crippen LogP contribution < -0.4 is 10.5 Å². The molecular weight excluding hydrogens is 424 g/mol. The molecule has 0 saturated heterocycles. The minimum absolute atomic E-state index is 0.00301. The number of furan rings is 1. The van der Waals surface area contributed by atoms with Crippen molar-refractivity contribution in [1.29, 1.82) is 0 Å². The lowest BCUT2D eigenvalue weighted by Gasteiger charge is -2.12.